The Kier molecular flexibility index (Phi) is 5.57. The molecular weight excluding hydrogens is 382 g/mol. The van der Waals surface area contributed by atoms with Gasteiger partial charge in [0.2, 0.25) is 0 Å². The van der Waals surface area contributed by atoms with E-state index in [1.54, 1.807) is 42.9 Å². The molecule has 0 bridgehead atoms. The van der Waals surface area contributed by atoms with Crippen molar-refractivity contribution in [2.24, 2.45) is 5.10 Å². The molecule has 2 heterocycles. The highest BCUT2D eigenvalue weighted by Gasteiger charge is 2.29. The fourth-order valence-corrected chi connectivity index (χ4v) is 4.98. The molecule has 0 aliphatic carbocycles. The summed E-state index contributed by atoms with van der Waals surface area (Å²) in [5.74, 6) is -0.457. The van der Waals surface area contributed by atoms with Gasteiger partial charge in [0.25, 0.3) is 5.91 Å². The lowest BCUT2D eigenvalue weighted by Gasteiger charge is -2.11. The number of amides is 1. The molecule has 0 unspecified atom stereocenters. The van der Waals surface area contributed by atoms with E-state index in [4.69, 9.17) is 0 Å². The summed E-state index contributed by atoms with van der Waals surface area (Å²) >= 11 is 1.09. The topological polar surface area (TPSA) is 80.5 Å². The van der Waals surface area contributed by atoms with Crippen LogP contribution in [-0.4, -0.2) is 30.4 Å². The minimum absolute atomic E-state index is 0.149. The molecule has 1 amide bonds. The SMILES string of the molecule is CC(C)S(=O)(=O)c1csc(C(=O)N/N=C/c2ccccc2)c1-n1cccc1. The van der Waals surface area contributed by atoms with Crippen molar-refractivity contribution in [2.45, 2.75) is 24.0 Å². The first-order valence-electron chi connectivity index (χ1n) is 8.28. The third kappa shape index (κ3) is 4.01. The molecule has 0 saturated carbocycles. The molecular formula is C19H19N3O3S2. The largest absolute Gasteiger partial charge is 0.321 e. The van der Waals surface area contributed by atoms with Gasteiger partial charge in [-0.15, -0.1) is 11.3 Å². The molecule has 140 valence electrons. The lowest BCUT2D eigenvalue weighted by molar-refractivity contribution is 0.0959. The van der Waals surface area contributed by atoms with Gasteiger partial charge in [0.05, 0.1) is 17.2 Å². The van der Waals surface area contributed by atoms with E-state index in [2.05, 4.69) is 10.5 Å². The molecule has 2 aromatic heterocycles. The van der Waals surface area contributed by atoms with Crippen LogP contribution in [0.4, 0.5) is 0 Å². The quantitative estimate of drug-likeness (QED) is 0.507. The van der Waals surface area contributed by atoms with Crippen molar-refractivity contribution in [2.75, 3.05) is 0 Å². The Hall–Kier alpha value is -2.71. The van der Waals surface area contributed by atoms with Crippen molar-refractivity contribution in [3.8, 4) is 5.69 Å². The van der Waals surface area contributed by atoms with Gasteiger partial charge in [0.1, 0.15) is 9.77 Å². The van der Waals surface area contributed by atoms with Crippen LogP contribution in [0.3, 0.4) is 0 Å². The fraction of sp³-hybridized carbons (Fsp3) is 0.158. The van der Waals surface area contributed by atoms with Crippen molar-refractivity contribution in [3.63, 3.8) is 0 Å². The summed E-state index contributed by atoms with van der Waals surface area (Å²) in [6.45, 7) is 3.24. The molecule has 6 nitrogen and oxygen atoms in total. The number of hydrazone groups is 1. The molecule has 0 aliphatic rings. The molecule has 1 N–H and O–H groups in total. The van der Waals surface area contributed by atoms with Gasteiger partial charge in [-0.25, -0.2) is 13.8 Å². The maximum Gasteiger partial charge on any atom is 0.283 e. The number of carbonyl (C=O) groups is 1. The van der Waals surface area contributed by atoms with Crippen LogP contribution in [0.25, 0.3) is 5.69 Å². The number of aromatic nitrogens is 1. The first kappa shape index (κ1) is 19.1. The van der Waals surface area contributed by atoms with Crippen molar-refractivity contribution in [3.05, 3.63) is 70.7 Å². The van der Waals surface area contributed by atoms with Crippen LogP contribution in [0.5, 0.6) is 0 Å². The van der Waals surface area contributed by atoms with E-state index < -0.39 is 21.0 Å². The molecule has 0 saturated heterocycles. The van der Waals surface area contributed by atoms with Crippen LogP contribution in [0.2, 0.25) is 0 Å². The zero-order chi connectivity index (χ0) is 19.4. The van der Waals surface area contributed by atoms with E-state index in [-0.39, 0.29) is 9.77 Å². The van der Waals surface area contributed by atoms with Crippen LogP contribution >= 0.6 is 11.3 Å². The smallest absolute Gasteiger partial charge is 0.283 e. The minimum atomic E-state index is -3.54. The van der Waals surface area contributed by atoms with Gasteiger partial charge in [-0.1, -0.05) is 30.3 Å². The summed E-state index contributed by atoms with van der Waals surface area (Å²) < 4.78 is 27.1. The maximum atomic E-state index is 12.7. The summed E-state index contributed by atoms with van der Waals surface area (Å²) in [4.78, 5) is 13.1. The lowest BCUT2D eigenvalue weighted by Crippen LogP contribution is -2.20. The Balaban J connectivity index is 1.95. The van der Waals surface area contributed by atoms with Crippen molar-refractivity contribution >= 4 is 33.3 Å². The summed E-state index contributed by atoms with van der Waals surface area (Å²) in [7, 11) is -3.54. The number of benzene rings is 1. The molecule has 8 heteroatoms. The predicted molar refractivity (Wildman–Crippen MR) is 107 cm³/mol. The maximum absolute atomic E-state index is 12.7. The van der Waals surface area contributed by atoms with E-state index in [1.165, 1.54) is 11.6 Å². The van der Waals surface area contributed by atoms with Crippen LogP contribution in [0, 0.1) is 0 Å². The Morgan fingerprint density at radius 1 is 1.15 bits per heavy atom. The summed E-state index contributed by atoms with van der Waals surface area (Å²) in [6, 6.07) is 12.9. The zero-order valence-corrected chi connectivity index (χ0v) is 16.5. The summed E-state index contributed by atoms with van der Waals surface area (Å²) in [5.41, 5.74) is 3.67. The normalized spacial score (nSPS) is 12.0. The number of rotatable bonds is 6. The molecule has 0 fully saturated rings. The Morgan fingerprint density at radius 3 is 2.44 bits per heavy atom. The number of hydrogen-bond donors (Lipinski definition) is 1. The molecule has 0 aliphatic heterocycles. The van der Waals surface area contributed by atoms with Gasteiger partial charge in [-0.05, 0) is 31.5 Å². The lowest BCUT2D eigenvalue weighted by atomic mass is 10.2. The van der Waals surface area contributed by atoms with E-state index in [0.29, 0.717) is 5.69 Å². The monoisotopic (exact) mass is 401 g/mol. The average molecular weight is 402 g/mol. The van der Waals surface area contributed by atoms with E-state index in [0.717, 1.165) is 16.9 Å². The van der Waals surface area contributed by atoms with Gasteiger partial charge < -0.3 is 4.57 Å². The van der Waals surface area contributed by atoms with Crippen LogP contribution < -0.4 is 5.43 Å². The first-order chi connectivity index (χ1) is 12.9. The van der Waals surface area contributed by atoms with Gasteiger partial charge in [-0.2, -0.15) is 5.10 Å². The van der Waals surface area contributed by atoms with E-state index in [9.17, 15) is 13.2 Å². The number of sulfone groups is 1. The number of carbonyl (C=O) groups excluding carboxylic acids is 1. The predicted octanol–water partition coefficient (Wildman–Crippen LogP) is 3.48. The second-order valence-corrected chi connectivity index (χ2v) is 9.42. The Labute approximate surface area is 162 Å². The number of nitrogens with zero attached hydrogens (tertiary/aromatic N) is 2. The third-order valence-electron chi connectivity index (χ3n) is 3.91. The number of thiophene rings is 1. The van der Waals surface area contributed by atoms with Crippen molar-refractivity contribution in [1.29, 1.82) is 0 Å². The second-order valence-electron chi connectivity index (χ2n) is 6.07. The summed E-state index contributed by atoms with van der Waals surface area (Å²) in [5, 5.41) is 4.90. The summed E-state index contributed by atoms with van der Waals surface area (Å²) in [6.07, 6.45) is 4.96. The van der Waals surface area contributed by atoms with Crippen molar-refractivity contribution in [1.82, 2.24) is 9.99 Å². The Bertz CT molecular complexity index is 1050. The van der Waals surface area contributed by atoms with Gasteiger partial charge >= 0.3 is 0 Å². The highest BCUT2D eigenvalue weighted by molar-refractivity contribution is 7.92. The van der Waals surface area contributed by atoms with Gasteiger partial charge in [0.15, 0.2) is 9.84 Å². The van der Waals surface area contributed by atoms with Gasteiger partial charge in [0, 0.05) is 17.8 Å². The third-order valence-corrected chi connectivity index (χ3v) is 7.19. The molecule has 3 aromatic rings. The molecule has 3 rings (SSSR count). The van der Waals surface area contributed by atoms with Crippen LogP contribution in [-0.2, 0) is 9.84 Å². The molecule has 0 radical (unpaired) electrons. The minimum Gasteiger partial charge on any atom is -0.321 e. The first-order valence-corrected chi connectivity index (χ1v) is 10.7. The average Bonchev–Trinajstić information content (AvgIpc) is 3.31. The zero-order valence-electron chi connectivity index (χ0n) is 14.9. The van der Waals surface area contributed by atoms with Crippen molar-refractivity contribution < 1.29 is 13.2 Å². The van der Waals surface area contributed by atoms with E-state index in [1.807, 2.05) is 30.3 Å². The van der Waals surface area contributed by atoms with Gasteiger partial charge in [-0.3, -0.25) is 4.79 Å². The highest BCUT2D eigenvalue weighted by Crippen LogP contribution is 2.32. The number of nitrogens with one attached hydrogen (secondary N) is 1. The molecule has 0 atom stereocenters. The fourth-order valence-electron chi connectivity index (χ4n) is 2.44. The standard InChI is InChI=1S/C19H19N3O3S2/c1-14(2)27(24,25)16-13-26-18(17(16)22-10-6-7-11-22)19(23)21-20-12-15-8-4-3-5-9-15/h3-14H,1-2H3,(H,21,23)/b20-12+. The highest BCUT2D eigenvalue weighted by atomic mass is 32.2. The van der Waals surface area contributed by atoms with Crippen LogP contribution in [0.1, 0.15) is 29.1 Å². The number of hydrogen-bond acceptors (Lipinski definition) is 5. The molecule has 0 spiro atoms. The Morgan fingerprint density at radius 2 is 1.81 bits per heavy atom. The molecule has 27 heavy (non-hydrogen) atoms. The molecule has 1 aromatic carbocycles. The second kappa shape index (κ2) is 7.89. The van der Waals surface area contributed by atoms with E-state index >= 15 is 0 Å². The van der Waals surface area contributed by atoms with Crippen LogP contribution in [0.15, 0.2) is 70.2 Å².